The molecule has 1 saturated heterocycles. The van der Waals surface area contributed by atoms with Gasteiger partial charge in [-0.3, -0.25) is 9.58 Å². The number of halogens is 3. The van der Waals surface area contributed by atoms with Crippen molar-refractivity contribution in [1.29, 1.82) is 0 Å². The summed E-state index contributed by atoms with van der Waals surface area (Å²) < 4.78 is 40.8. The second-order valence-corrected chi connectivity index (χ2v) is 9.01. The minimum atomic E-state index is -4.16. The van der Waals surface area contributed by atoms with Crippen LogP contribution in [0.25, 0.3) is 31.9 Å². The van der Waals surface area contributed by atoms with Crippen LogP contribution in [0.15, 0.2) is 48.9 Å². The number of hydrogen-bond acceptors (Lipinski definition) is 6. The first-order chi connectivity index (χ1) is 15.4. The highest BCUT2D eigenvalue weighted by Gasteiger charge is 2.33. The van der Waals surface area contributed by atoms with Crippen molar-refractivity contribution < 1.29 is 13.2 Å². The smallest absolute Gasteiger partial charge is 0.383 e. The number of thiazole rings is 1. The van der Waals surface area contributed by atoms with Crippen LogP contribution in [0.3, 0.4) is 0 Å². The quantitative estimate of drug-likeness (QED) is 0.466. The van der Waals surface area contributed by atoms with E-state index in [4.69, 9.17) is 5.73 Å². The number of pyridine rings is 1. The molecule has 166 valence electrons. The van der Waals surface area contributed by atoms with Gasteiger partial charge < -0.3 is 5.73 Å². The average molecular weight is 459 g/mol. The summed E-state index contributed by atoms with van der Waals surface area (Å²) in [7, 11) is 0. The Morgan fingerprint density at radius 2 is 1.88 bits per heavy atom. The summed E-state index contributed by atoms with van der Waals surface area (Å²) in [6.07, 6.45) is 2.51. The van der Waals surface area contributed by atoms with E-state index in [0.717, 1.165) is 31.9 Å². The number of anilines is 1. The van der Waals surface area contributed by atoms with E-state index in [2.05, 4.69) is 15.1 Å². The standard InChI is InChI=1S/C22H21F3N6S/c23-22(24,25)13-30-7-5-16(6-8-30)31-12-15(11-28-31)14-9-17(20(26)27-10-14)21-29-18-3-1-2-4-19(18)32-21/h1-4,9-12,16H,5-8,13H2,(H2,26,27). The molecule has 0 radical (unpaired) electrons. The topological polar surface area (TPSA) is 72.9 Å². The Labute approximate surface area is 186 Å². The minimum absolute atomic E-state index is 0.0821. The molecule has 1 aliphatic rings. The van der Waals surface area contributed by atoms with Crippen LogP contribution < -0.4 is 5.73 Å². The Morgan fingerprint density at radius 3 is 2.62 bits per heavy atom. The van der Waals surface area contributed by atoms with Gasteiger partial charge in [0, 0.05) is 36.6 Å². The van der Waals surface area contributed by atoms with E-state index < -0.39 is 12.7 Å². The number of nitrogens with zero attached hydrogens (tertiary/aromatic N) is 5. The lowest BCUT2D eigenvalue weighted by Crippen LogP contribution is -2.40. The molecule has 0 aliphatic carbocycles. The van der Waals surface area contributed by atoms with Crippen molar-refractivity contribution in [3.05, 3.63) is 48.9 Å². The zero-order valence-electron chi connectivity index (χ0n) is 17.1. The van der Waals surface area contributed by atoms with Crippen LogP contribution in [0.1, 0.15) is 18.9 Å². The molecule has 32 heavy (non-hydrogen) atoms. The van der Waals surface area contributed by atoms with E-state index in [0.29, 0.717) is 31.7 Å². The number of piperidine rings is 1. The van der Waals surface area contributed by atoms with Crippen LogP contribution in [0.4, 0.5) is 19.0 Å². The third-order valence-corrected chi connectivity index (χ3v) is 6.78. The Hall–Kier alpha value is -2.98. The number of likely N-dealkylation sites (tertiary alicyclic amines) is 1. The molecule has 1 aromatic carbocycles. The first-order valence-electron chi connectivity index (χ1n) is 10.3. The molecule has 3 aromatic heterocycles. The molecule has 0 unspecified atom stereocenters. The van der Waals surface area contributed by atoms with Gasteiger partial charge in [0.1, 0.15) is 10.8 Å². The fourth-order valence-electron chi connectivity index (χ4n) is 4.07. The molecule has 4 aromatic rings. The van der Waals surface area contributed by atoms with Crippen LogP contribution in [-0.2, 0) is 0 Å². The van der Waals surface area contributed by atoms with Gasteiger partial charge in [-0.25, -0.2) is 9.97 Å². The first kappa shape index (κ1) is 20.9. The maximum atomic E-state index is 12.6. The molecular formula is C22H21F3N6S. The maximum Gasteiger partial charge on any atom is 0.401 e. The molecule has 5 rings (SSSR count). The van der Waals surface area contributed by atoms with Crippen molar-refractivity contribution in [2.24, 2.45) is 0 Å². The number of fused-ring (bicyclic) bond motifs is 1. The third kappa shape index (κ3) is 4.33. The van der Waals surface area contributed by atoms with E-state index in [1.54, 1.807) is 23.7 Å². The van der Waals surface area contributed by atoms with Crippen molar-refractivity contribution in [2.45, 2.75) is 25.1 Å². The molecule has 0 saturated carbocycles. The second kappa shape index (κ2) is 8.18. The number of nitrogens with two attached hydrogens (primary N) is 1. The molecule has 1 aliphatic heterocycles. The molecule has 6 nitrogen and oxygen atoms in total. The molecule has 0 amide bonds. The van der Waals surface area contributed by atoms with Crippen molar-refractivity contribution >= 4 is 27.4 Å². The number of rotatable bonds is 4. The molecule has 1 fully saturated rings. The fraction of sp³-hybridized carbons (Fsp3) is 0.318. The summed E-state index contributed by atoms with van der Waals surface area (Å²) in [5.41, 5.74) is 9.60. The van der Waals surface area contributed by atoms with Crippen molar-refractivity contribution in [3.8, 4) is 21.7 Å². The summed E-state index contributed by atoms with van der Waals surface area (Å²) in [4.78, 5) is 10.5. The van der Waals surface area contributed by atoms with E-state index in [9.17, 15) is 13.2 Å². The zero-order valence-corrected chi connectivity index (χ0v) is 17.9. The summed E-state index contributed by atoms with van der Waals surface area (Å²) in [6.45, 7) is -0.0369. The Bertz CT molecular complexity index is 1210. The van der Waals surface area contributed by atoms with Crippen molar-refractivity contribution in [1.82, 2.24) is 24.6 Å². The van der Waals surface area contributed by atoms with E-state index in [1.807, 2.05) is 41.2 Å². The van der Waals surface area contributed by atoms with E-state index in [-0.39, 0.29) is 6.04 Å². The molecule has 0 spiro atoms. The number of nitrogen functional groups attached to an aromatic ring is 1. The van der Waals surface area contributed by atoms with Gasteiger partial charge in [0.15, 0.2) is 0 Å². The van der Waals surface area contributed by atoms with Crippen LogP contribution in [-0.4, -0.2) is 50.5 Å². The summed E-state index contributed by atoms with van der Waals surface area (Å²) >= 11 is 1.56. The molecule has 2 N–H and O–H groups in total. The average Bonchev–Trinajstić information content (AvgIpc) is 3.41. The monoisotopic (exact) mass is 458 g/mol. The highest BCUT2D eigenvalue weighted by Crippen LogP contribution is 2.35. The molecule has 10 heteroatoms. The fourth-order valence-corrected chi connectivity index (χ4v) is 5.06. The van der Waals surface area contributed by atoms with Gasteiger partial charge in [-0.05, 0) is 31.0 Å². The SMILES string of the molecule is Nc1ncc(-c2cnn(C3CCN(CC(F)(F)F)CC3)c2)cc1-c1nc2ccccc2s1. The van der Waals surface area contributed by atoms with Crippen LogP contribution in [0.2, 0.25) is 0 Å². The van der Waals surface area contributed by atoms with Gasteiger partial charge in [0.05, 0.1) is 34.6 Å². The van der Waals surface area contributed by atoms with Crippen LogP contribution >= 0.6 is 11.3 Å². The summed E-state index contributed by atoms with van der Waals surface area (Å²) in [5, 5.41) is 5.29. The number of aromatic nitrogens is 4. The molecule has 0 atom stereocenters. The Kier molecular flexibility index (Phi) is 5.34. The lowest BCUT2D eigenvalue weighted by molar-refractivity contribution is -0.148. The van der Waals surface area contributed by atoms with Crippen molar-refractivity contribution in [3.63, 3.8) is 0 Å². The third-order valence-electron chi connectivity index (χ3n) is 5.71. The Morgan fingerprint density at radius 1 is 1.09 bits per heavy atom. The zero-order chi connectivity index (χ0) is 22.3. The van der Waals surface area contributed by atoms with Gasteiger partial charge in [-0.2, -0.15) is 18.3 Å². The van der Waals surface area contributed by atoms with Gasteiger partial charge in [0.25, 0.3) is 0 Å². The lowest BCUT2D eigenvalue weighted by Gasteiger charge is -2.32. The summed E-state index contributed by atoms with van der Waals surface area (Å²) in [5.74, 6) is 0.414. The van der Waals surface area contributed by atoms with Gasteiger partial charge in [0.2, 0.25) is 0 Å². The number of benzene rings is 1. The Balaban J connectivity index is 1.35. The van der Waals surface area contributed by atoms with Gasteiger partial charge >= 0.3 is 6.18 Å². The van der Waals surface area contributed by atoms with E-state index >= 15 is 0 Å². The number of alkyl halides is 3. The minimum Gasteiger partial charge on any atom is -0.383 e. The van der Waals surface area contributed by atoms with Crippen LogP contribution in [0.5, 0.6) is 0 Å². The second-order valence-electron chi connectivity index (χ2n) is 7.98. The van der Waals surface area contributed by atoms with E-state index in [1.165, 1.54) is 4.90 Å². The highest BCUT2D eigenvalue weighted by molar-refractivity contribution is 7.21. The maximum absolute atomic E-state index is 12.6. The van der Waals surface area contributed by atoms with Crippen LogP contribution in [0, 0.1) is 0 Å². The normalized spacial score (nSPS) is 16.1. The van der Waals surface area contributed by atoms with Gasteiger partial charge in [-0.1, -0.05) is 12.1 Å². The van der Waals surface area contributed by atoms with Gasteiger partial charge in [-0.15, -0.1) is 11.3 Å². The first-order valence-corrected chi connectivity index (χ1v) is 11.1. The highest BCUT2D eigenvalue weighted by atomic mass is 32.1. The largest absolute Gasteiger partial charge is 0.401 e. The lowest BCUT2D eigenvalue weighted by atomic mass is 10.1. The molecular weight excluding hydrogens is 437 g/mol. The summed E-state index contributed by atoms with van der Waals surface area (Å²) in [6, 6.07) is 9.96. The van der Waals surface area contributed by atoms with Crippen molar-refractivity contribution in [2.75, 3.05) is 25.4 Å². The number of hydrogen-bond donors (Lipinski definition) is 1. The predicted octanol–water partition coefficient (Wildman–Crippen LogP) is 5.00. The predicted molar refractivity (Wildman–Crippen MR) is 119 cm³/mol. The number of para-hydroxylation sites is 1. The molecule has 0 bridgehead atoms. The molecule has 4 heterocycles.